The van der Waals surface area contributed by atoms with Crippen LogP contribution < -0.4 is 26.0 Å². The number of anilines is 1. The van der Waals surface area contributed by atoms with Crippen LogP contribution in [0.25, 0.3) is 0 Å². The van der Waals surface area contributed by atoms with Gasteiger partial charge in [-0.25, -0.2) is 22.7 Å². The van der Waals surface area contributed by atoms with E-state index in [-0.39, 0.29) is 40.0 Å². The maximum atomic E-state index is 14.9. The summed E-state index contributed by atoms with van der Waals surface area (Å²) < 4.78 is 29.1. The van der Waals surface area contributed by atoms with Crippen LogP contribution >= 0.6 is 0 Å². The van der Waals surface area contributed by atoms with Crippen LogP contribution in [-0.2, 0) is 29.2 Å². The van der Waals surface area contributed by atoms with Crippen LogP contribution in [0.5, 0.6) is 0 Å². The third kappa shape index (κ3) is 6.67. The van der Waals surface area contributed by atoms with Gasteiger partial charge in [-0.1, -0.05) is 78.5 Å². The molecule has 5 aliphatic rings. The molecule has 55 heavy (non-hydrogen) atoms. The number of sulfonamides is 1. The average Bonchev–Trinajstić information content (AvgIpc) is 3.84. The Bertz CT molecular complexity index is 1870. The number of rotatable bonds is 12. The summed E-state index contributed by atoms with van der Waals surface area (Å²) in [5.41, 5.74) is -2.78. The third-order valence-corrected chi connectivity index (χ3v) is 15.6. The quantitative estimate of drug-likeness (QED) is 0.169. The number of carboxylic acids is 1. The number of hydrogen-bond donors (Lipinski definition) is 6. The number of para-hydroxylation sites is 1. The number of urea groups is 1. The number of benzene rings is 1. The van der Waals surface area contributed by atoms with Crippen molar-refractivity contribution < 1.29 is 37.5 Å². The van der Waals surface area contributed by atoms with Gasteiger partial charge in [0.25, 0.3) is 15.9 Å². The van der Waals surface area contributed by atoms with E-state index in [0.717, 1.165) is 38.5 Å². The summed E-state index contributed by atoms with van der Waals surface area (Å²) in [4.78, 5) is 70.6. The van der Waals surface area contributed by atoms with Crippen molar-refractivity contribution in [3.05, 3.63) is 36.9 Å². The lowest BCUT2D eigenvalue weighted by molar-refractivity contribution is -0.142. The molecule has 302 valence electrons. The fraction of sp³-hybridized carbons (Fsp3) is 0.675. The highest BCUT2D eigenvalue weighted by Crippen LogP contribution is 2.88. The number of fused-ring (bicyclic) bond motifs is 1. The lowest BCUT2D eigenvalue weighted by atomic mass is 9.73. The van der Waals surface area contributed by atoms with Crippen molar-refractivity contribution in [2.75, 3.05) is 18.9 Å². The van der Waals surface area contributed by atoms with Crippen molar-refractivity contribution in [3.8, 4) is 0 Å². The van der Waals surface area contributed by atoms with Gasteiger partial charge in [0, 0.05) is 24.9 Å². The van der Waals surface area contributed by atoms with Crippen molar-refractivity contribution in [2.24, 2.45) is 33.5 Å². The number of likely N-dealkylation sites (tertiary alicyclic amines) is 1. The first kappa shape index (κ1) is 40.5. The Labute approximate surface area is 324 Å². The van der Waals surface area contributed by atoms with Crippen molar-refractivity contribution in [2.45, 2.75) is 127 Å². The number of nitrogens with one attached hydrogen (secondary N) is 5. The maximum absolute atomic E-state index is 14.9. The van der Waals surface area contributed by atoms with Crippen molar-refractivity contribution in [3.63, 3.8) is 0 Å². The monoisotopic (exact) mass is 782 g/mol. The number of aliphatic carboxylic acids is 1. The van der Waals surface area contributed by atoms with E-state index < -0.39 is 74.7 Å². The first-order chi connectivity index (χ1) is 25.7. The van der Waals surface area contributed by atoms with Gasteiger partial charge in [0.2, 0.25) is 11.8 Å². The molecule has 1 saturated heterocycles. The van der Waals surface area contributed by atoms with Gasteiger partial charge in [0.05, 0.1) is 5.69 Å². The van der Waals surface area contributed by atoms with E-state index in [2.05, 4.69) is 46.4 Å². The highest BCUT2D eigenvalue weighted by molar-refractivity contribution is 7.90. The predicted octanol–water partition coefficient (Wildman–Crippen LogP) is 4.14. The number of hydrogen-bond acceptors (Lipinski definition) is 8. The Kier molecular flexibility index (Phi) is 10.4. The largest absolute Gasteiger partial charge is 0.480 e. The molecule has 1 unspecified atom stereocenters. The van der Waals surface area contributed by atoms with Gasteiger partial charge in [0.15, 0.2) is 0 Å². The van der Waals surface area contributed by atoms with Gasteiger partial charge >= 0.3 is 12.0 Å². The number of carbonyl (C=O) groups excluding carboxylic acids is 4. The second kappa shape index (κ2) is 14.1. The van der Waals surface area contributed by atoms with Crippen LogP contribution in [-0.4, -0.2) is 85.4 Å². The van der Waals surface area contributed by atoms with E-state index in [1.54, 1.807) is 46.0 Å². The highest BCUT2D eigenvalue weighted by atomic mass is 32.2. The minimum atomic E-state index is -4.35. The van der Waals surface area contributed by atoms with Crippen LogP contribution in [0, 0.1) is 33.5 Å². The molecule has 2 spiro atoms. The molecular formula is C40H58N6O8S. The molecule has 5 amide bonds. The first-order valence-corrected chi connectivity index (χ1v) is 21.1. The molecular weight excluding hydrogens is 725 g/mol. The molecule has 0 bridgehead atoms. The Hall–Kier alpha value is -4.14. The molecule has 5 fully saturated rings. The first-order valence-electron chi connectivity index (χ1n) is 19.6. The second-order valence-corrected chi connectivity index (χ2v) is 19.8. The molecule has 1 aromatic rings. The molecule has 4 aliphatic carbocycles. The molecule has 14 nitrogen and oxygen atoms in total. The third-order valence-electron chi connectivity index (χ3n) is 14.2. The second-order valence-electron chi connectivity index (χ2n) is 18.1. The topological polar surface area (TPSA) is 203 Å². The van der Waals surface area contributed by atoms with Crippen LogP contribution in [0.15, 0.2) is 41.8 Å². The Morgan fingerprint density at radius 3 is 2.15 bits per heavy atom. The minimum absolute atomic E-state index is 0.0582. The fourth-order valence-corrected chi connectivity index (χ4v) is 11.8. The summed E-state index contributed by atoms with van der Waals surface area (Å²) in [5.74, 6) is -3.88. The summed E-state index contributed by atoms with van der Waals surface area (Å²) in [6, 6.07) is 2.12. The van der Waals surface area contributed by atoms with Gasteiger partial charge in [0.1, 0.15) is 28.6 Å². The zero-order valence-electron chi connectivity index (χ0n) is 32.9. The van der Waals surface area contributed by atoms with Crippen molar-refractivity contribution in [1.29, 1.82) is 0 Å². The van der Waals surface area contributed by atoms with E-state index >= 15 is 0 Å². The normalized spacial score (nSPS) is 28.9. The summed E-state index contributed by atoms with van der Waals surface area (Å²) in [6.07, 6.45) is 9.11. The summed E-state index contributed by atoms with van der Waals surface area (Å²) >= 11 is 0. The molecule has 6 N–H and O–H groups in total. The van der Waals surface area contributed by atoms with Crippen LogP contribution in [0.1, 0.15) is 98.8 Å². The van der Waals surface area contributed by atoms with Gasteiger partial charge in [-0.2, -0.15) is 0 Å². The van der Waals surface area contributed by atoms with E-state index in [4.69, 9.17) is 0 Å². The van der Waals surface area contributed by atoms with Gasteiger partial charge in [-0.05, 0) is 72.8 Å². The standard InChI is InChI=1S/C40H58N6O8S/c1-8-25-21-40(25,34(51)45-55(53,54)28-18-13-12-17-26(28)41-7)44-31(47)27-22-39(37(5,6)38(39)19-14-20-38)23-46(27)32(48)30(36(2,3)4)43-35(52)42-29(33(49)50)24-15-10-9-11-16-24/h8,12-13,17-18,24-25,27,29-30,41H,1,9-11,14-16,19-23H2,2-7H3,(H,44,47)(H,45,51)(H,49,50)(H2,42,43,52)/t25-,27+,29+,30?,39-,40-/m1/s1. The number of carbonyl (C=O) groups is 5. The van der Waals surface area contributed by atoms with Crippen LogP contribution in [0.4, 0.5) is 10.5 Å². The van der Waals surface area contributed by atoms with Gasteiger partial charge in [-0.15, -0.1) is 6.58 Å². The minimum Gasteiger partial charge on any atom is -0.480 e. The average molecular weight is 783 g/mol. The Morgan fingerprint density at radius 1 is 0.964 bits per heavy atom. The molecule has 1 heterocycles. The summed E-state index contributed by atoms with van der Waals surface area (Å²) in [5, 5.41) is 21.2. The van der Waals surface area contributed by atoms with E-state index in [1.807, 2.05) is 0 Å². The number of nitrogens with zero attached hydrogens (tertiary/aromatic N) is 1. The smallest absolute Gasteiger partial charge is 0.326 e. The van der Waals surface area contributed by atoms with Gasteiger partial charge in [-0.3, -0.25) is 14.4 Å². The summed E-state index contributed by atoms with van der Waals surface area (Å²) in [6.45, 7) is 13.8. The van der Waals surface area contributed by atoms with E-state index in [1.165, 1.54) is 17.0 Å². The molecule has 0 aromatic heterocycles. The lowest BCUT2D eigenvalue weighted by Crippen LogP contribution is -2.62. The van der Waals surface area contributed by atoms with E-state index in [9.17, 15) is 37.5 Å². The van der Waals surface area contributed by atoms with Crippen LogP contribution in [0.2, 0.25) is 0 Å². The van der Waals surface area contributed by atoms with Crippen molar-refractivity contribution in [1.82, 2.24) is 25.6 Å². The van der Waals surface area contributed by atoms with Crippen molar-refractivity contribution >= 4 is 45.4 Å². The Morgan fingerprint density at radius 2 is 1.62 bits per heavy atom. The molecule has 1 aliphatic heterocycles. The van der Waals surface area contributed by atoms with Gasteiger partial charge < -0.3 is 31.3 Å². The maximum Gasteiger partial charge on any atom is 0.326 e. The lowest BCUT2D eigenvalue weighted by Gasteiger charge is -2.36. The summed E-state index contributed by atoms with van der Waals surface area (Å²) in [7, 11) is -2.78. The van der Waals surface area contributed by atoms with Crippen LogP contribution in [0.3, 0.4) is 0 Å². The number of carboxylic acid groups (broad SMARTS) is 1. The molecule has 0 radical (unpaired) electrons. The molecule has 1 aromatic carbocycles. The zero-order valence-corrected chi connectivity index (χ0v) is 33.7. The van der Waals surface area contributed by atoms with E-state index in [0.29, 0.717) is 24.9 Å². The SMILES string of the molecule is C=C[C@@H]1C[C@]1(NC(=O)[C@@H]1C[C@@]2(CN1C(=O)C(NC(=O)N[C@H](C(=O)O)C1CCCCC1)C(C)(C)C)C(C)(C)C21CCC1)C(=O)NS(=O)(=O)c1ccccc1NC. The molecule has 4 saturated carbocycles. The molecule has 6 rings (SSSR count). The Balaban J connectivity index is 1.27. The molecule has 6 atom stereocenters. The molecule has 15 heteroatoms. The fourth-order valence-electron chi connectivity index (χ4n) is 10.6. The predicted molar refractivity (Wildman–Crippen MR) is 206 cm³/mol. The highest BCUT2D eigenvalue weighted by Gasteiger charge is 2.85. The zero-order chi connectivity index (χ0) is 40.4. The number of amides is 5.